The summed E-state index contributed by atoms with van der Waals surface area (Å²) in [5.74, 6) is 0. The average Bonchev–Trinajstić information content (AvgIpc) is 3.06. The summed E-state index contributed by atoms with van der Waals surface area (Å²) in [6.07, 6.45) is 8.44. The third-order valence-corrected chi connectivity index (χ3v) is 3.79. The minimum Gasteiger partial charge on any atom is -0.299 e. The summed E-state index contributed by atoms with van der Waals surface area (Å²) in [7, 11) is 0. The van der Waals surface area contributed by atoms with Crippen molar-refractivity contribution >= 4 is 0 Å². The zero-order valence-corrected chi connectivity index (χ0v) is 11.6. The molecule has 0 saturated carbocycles. The van der Waals surface area contributed by atoms with E-state index in [4.69, 9.17) is 0 Å². The molecular formula is C14H19N5O. The van der Waals surface area contributed by atoms with Gasteiger partial charge in [0.05, 0.1) is 12.2 Å². The van der Waals surface area contributed by atoms with E-state index in [2.05, 4.69) is 32.8 Å². The molecule has 3 heterocycles. The minimum absolute atomic E-state index is 0.175. The maximum absolute atomic E-state index is 11.5. The van der Waals surface area contributed by atoms with E-state index in [1.807, 2.05) is 6.20 Å². The predicted octanol–water partition coefficient (Wildman–Crippen LogP) is 0.695. The van der Waals surface area contributed by atoms with Crippen LogP contribution in [0.4, 0.5) is 0 Å². The van der Waals surface area contributed by atoms with Crippen LogP contribution < -0.4 is 5.69 Å². The highest BCUT2D eigenvalue weighted by Crippen LogP contribution is 2.20. The van der Waals surface area contributed by atoms with Crippen LogP contribution in [-0.4, -0.2) is 43.9 Å². The molecule has 2 aromatic rings. The van der Waals surface area contributed by atoms with Crippen LogP contribution in [0.25, 0.3) is 0 Å². The van der Waals surface area contributed by atoms with E-state index >= 15 is 0 Å². The van der Waals surface area contributed by atoms with Gasteiger partial charge >= 0.3 is 5.69 Å². The summed E-state index contributed by atoms with van der Waals surface area (Å²) in [4.78, 5) is 17.7. The predicted molar refractivity (Wildman–Crippen MR) is 75.6 cm³/mol. The molecule has 0 spiro atoms. The number of hydrogen-bond donors (Lipinski definition) is 0. The lowest BCUT2D eigenvalue weighted by Gasteiger charge is -2.16. The number of aryl methyl sites for hydroxylation is 1. The fourth-order valence-corrected chi connectivity index (χ4v) is 2.67. The zero-order chi connectivity index (χ0) is 13.9. The Morgan fingerprint density at radius 3 is 3.05 bits per heavy atom. The molecule has 20 heavy (non-hydrogen) atoms. The van der Waals surface area contributed by atoms with Crippen molar-refractivity contribution in [2.24, 2.45) is 0 Å². The lowest BCUT2D eigenvalue weighted by molar-refractivity contribution is 0.303. The van der Waals surface area contributed by atoms with Crippen LogP contribution in [0.15, 0.2) is 35.6 Å². The first-order valence-electron chi connectivity index (χ1n) is 6.97. The molecule has 6 nitrogen and oxygen atoms in total. The standard InChI is InChI=1S/C14H19N5O/c1-12-9-16-19(10-12)13-3-6-17(11-13)7-8-18-5-2-4-15-14(18)20/h2,4-5,9-10,13H,3,6-8,11H2,1H3. The van der Waals surface area contributed by atoms with Crippen molar-refractivity contribution in [2.45, 2.75) is 25.9 Å². The largest absolute Gasteiger partial charge is 0.347 e. The number of likely N-dealkylation sites (tertiary alicyclic amines) is 1. The molecule has 3 rings (SSSR count). The van der Waals surface area contributed by atoms with Crippen LogP contribution in [0.5, 0.6) is 0 Å². The van der Waals surface area contributed by atoms with Gasteiger partial charge in [-0.25, -0.2) is 9.78 Å². The summed E-state index contributed by atoms with van der Waals surface area (Å²) < 4.78 is 3.72. The molecule has 1 aliphatic heterocycles. The van der Waals surface area contributed by atoms with Crippen LogP contribution in [0.3, 0.4) is 0 Å². The van der Waals surface area contributed by atoms with Gasteiger partial charge in [0.25, 0.3) is 0 Å². The van der Waals surface area contributed by atoms with Gasteiger partial charge in [-0.1, -0.05) is 0 Å². The maximum Gasteiger partial charge on any atom is 0.347 e. The van der Waals surface area contributed by atoms with Gasteiger partial charge in [-0.05, 0) is 25.0 Å². The Morgan fingerprint density at radius 1 is 1.40 bits per heavy atom. The smallest absolute Gasteiger partial charge is 0.299 e. The number of aromatic nitrogens is 4. The van der Waals surface area contributed by atoms with Gasteiger partial charge in [0.2, 0.25) is 0 Å². The Morgan fingerprint density at radius 2 is 2.30 bits per heavy atom. The van der Waals surface area contributed by atoms with Crippen LogP contribution in [0.1, 0.15) is 18.0 Å². The number of rotatable bonds is 4. The minimum atomic E-state index is -0.175. The van der Waals surface area contributed by atoms with Crippen LogP contribution in [-0.2, 0) is 6.54 Å². The van der Waals surface area contributed by atoms with E-state index in [0.717, 1.165) is 26.1 Å². The molecule has 1 atom stereocenters. The van der Waals surface area contributed by atoms with Gasteiger partial charge in [-0.3, -0.25) is 14.1 Å². The van der Waals surface area contributed by atoms with E-state index in [9.17, 15) is 4.79 Å². The Balaban J connectivity index is 1.56. The van der Waals surface area contributed by atoms with Crippen molar-refractivity contribution in [1.82, 2.24) is 24.2 Å². The molecule has 2 aromatic heterocycles. The highest BCUT2D eigenvalue weighted by molar-refractivity contribution is 5.01. The van der Waals surface area contributed by atoms with Gasteiger partial charge in [0.15, 0.2) is 0 Å². The van der Waals surface area contributed by atoms with Crippen LogP contribution in [0.2, 0.25) is 0 Å². The van der Waals surface area contributed by atoms with Gasteiger partial charge < -0.3 is 0 Å². The first-order chi connectivity index (χ1) is 9.72. The molecule has 0 aromatic carbocycles. The van der Waals surface area contributed by atoms with Gasteiger partial charge in [0, 0.05) is 44.8 Å². The SMILES string of the molecule is Cc1cnn(C2CCN(CCn3cccnc3=O)C2)c1. The first-order valence-corrected chi connectivity index (χ1v) is 6.97. The van der Waals surface area contributed by atoms with E-state index in [1.165, 1.54) is 11.8 Å². The summed E-state index contributed by atoms with van der Waals surface area (Å²) in [6.45, 7) is 5.68. The summed E-state index contributed by atoms with van der Waals surface area (Å²) in [5, 5.41) is 4.39. The van der Waals surface area contributed by atoms with Crippen molar-refractivity contribution in [3.8, 4) is 0 Å². The Kier molecular flexibility index (Phi) is 3.64. The second-order valence-corrected chi connectivity index (χ2v) is 5.34. The third kappa shape index (κ3) is 2.80. The summed E-state index contributed by atoms with van der Waals surface area (Å²) in [5.41, 5.74) is 1.02. The van der Waals surface area contributed by atoms with E-state index < -0.39 is 0 Å². The zero-order valence-electron chi connectivity index (χ0n) is 11.6. The molecule has 6 heteroatoms. The van der Waals surface area contributed by atoms with Crippen molar-refractivity contribution in [2.75, 3.05) is 19.6 Å². The van der Waals surface area contributed by atoms with E-state index in [1.54, 1.807) is 16.8 Å². The van der Waals surface area contributed by atoms with Crippen molar-refractivity contribution < 1.29 is 0 Å². The van der Waals surface area contributed by atoms with Gasteiger partial charge in [0.1, 0.15) is 0 Å². The van der Waals surface area contributed by atoms with E-state index in [0.29, 0.717) is 12.6 Å². The highest BCUT2D eigenvalue weighted by Gasteiger charge is 2.23. The molecule has 1 aliphatic rings. The van der Waals surface area contributed by atoms with E-state index in [-0.39, 0.29) is 5.69 Å². The van der Waals surface area contributed by atoms with Crippen molar-refractivity contribution in [3.05, 3.63) is 46.9 Å². The van der Waals surface area contributed by atoms with Crippen LogP contribution >= 0.6 is 0 Å². The third-order valence-electron chi connectivity index (χ3n) is 3.79. The van der Waals surface area contributed by atoms with Gasteiger partial charge in [-0.2, -0.15) is 5.10 Å². The number of hydrogen-bond acceptors (Lipinski definition) is 4. The normalized spacial score (nSPS) is 19.6. The van der Waals surface area contributed by atoms with Crippen molar-refractivity contribution in [1.29, 1.82) is 0 Å². The molecular weight excluding hydrogens is 254 g/mol. The first kappa shape index (κ1) is 13.1. The van der Waals surface area contributed by atoms with Gasteiger partial charge in [-0.15, -0.1) is 0 Å². The number of nitrogens with zero attached hydrogens (tertiary/aromatic N) is 5. The summed E-state index contributed by atoms with van der Waals surface area (Å²) >= 11 is 0. The molecule has 1 saturated heterocycles. The lowest BCUT2D eigenvalue weighted by atomic mass is 10.3. The fraction of sp³-hybridized carbons (Fsp3) is 0.500. The average molecular weight is 273 g/mol. The van der Waals surface area contributed by atoms with Crippen LogP contribution in [0, 0.1) is 6.92 Å². The Labute approximate surface area is 117 Å². The second kappa shape index (κ2) is 5.58. The Hall–Kier alpha value is -1.95. The molecule has 0 aliphatic carbocycles. The molecule has 106 valence electrons. The molecule has 0 amide bonds. The maximum atomic E-state index is 11.5. The lowest BCUT2D eigenvalue weighted by Crippen LogP contribution is -2.30. The summed E-state index contributed by atoms with van der Waals surface area (Å²) in [6, 6.07) is 2.25. The van der Waals surface area contributed by atoms with Crippen molar-refractivity contribution in [3.63, 3.8) is 0 Å². The molecule has 1 fully saturated rings. The second-order valence-electron chi connectivity index (χ2n) is 5.34. The monoisotopic (exact) mass is 273 g/mol. The Bertz CT molecular complexity index is 632. The highest BCUT2D eigenvalue weighted by atomic mass is 16.1. The molecule has 0 radical (unpaired) electrons. The molecule has 0 bridgehead atoms. The quantitative estimate of drug-likeness (QED) is 0.822. The fourth-order valence-electron chi connectivity index (χ4n) is 2.67. The molecule has 1 unspecified atom stereocenters. The topological polar surface area (TPSA) is 56.0 Å². The molecule has 0 N–H and O–H groups in total.